The fourth-order valence-corrected chi connectivity index (χ4v) is 8.50. The van der Waals surface area contributed by atoms with Crippen LogP contribution >= 0.6 is 11.6 Å². The molecule has 5 atom stereocenters. The number of halogens is 1. The normalized spacial score (nSPS) is 32.0. The third-order valence-corrected chi connectivity index (χ3v) is 11.2. The number of carbonyl (C=O) groups excluding carboxylic acids is 1. The summed E-state index contributed by atoms with van der Waals surface area (Å²) in [5, 5.41) is 0.742. The summed E-state index contributed by atoms with van der Waals surface area (Å²) < 4.78 is 41.5. The van der Waals surface area contributed by atoms with Gasteiger partial charge in [-0.25, -0.2) is 13.1 Å². The lowest BCUT2D eigenvalue weighted by molar-refractivity contribution is -0.120. The maximum Gasteiger partial charge on any atom is 0.264 e. The van der Waals surface area contributed by atoms with Crippen LogP contribution in [0.15, 0.2) is 53.4 Å². The van der Waals surface area contributed by atoms with Gasteiger partial charge in [0.05, 0.1) is 23.3 Å². The fourth-order valence-electron chi connectivity index (χ4n) is 7.29. The van der Waals surface area contributed by atoms with Crippen molar-refractivity contribution in [2.45, 2.75) is 68.3 Å². The summed E-state index contributed by atoms with van der Waals surface area (Å²) in [6.45, 7) is 3.94. The predicted octanol–water partition coefficient (Wildman–Crippen LogP) is 5.65. The number of nitrogens with zero attached hydrogens (tertiary/aromatic N) is 1. The van der Waals surface area contributed by atoms with Crippen LogP contribution in [0.1, 0.15) is 56.6 Å². The molecule has 7 nitrogen and oxygen atoms in total. The number of allylic oxidation sites excluding steroid dienone is 1. The lowest BCUT2D eigenvalue weighted by Gasteiger charge is -2.46. The van der Waals surface area contributed by atoms with E-state index in [0.29, 0.717) is 37.2 Å². The van der Waals surface area contributed by atoms with Crippen molar-refractivity contribution in [3.63, 3.8) is 0 Å². The molecule has 1 spiro atoms. The number of rotatable bonds is 1. The highest BCUT2D eigenvalue weighted by Gasteiger charge is 2.44. The van der Waals surface area contributed by atoms with Crippen LogP contribution in [0, 0.1) is 17.8 Å². The number of anilines is 1. The number of aryl methyl sites for hydroxylation is 1. The van der Waals surface area contributed by atoms with E-state index < -0.39 is 15.9 Å². The third-order valence-electron chi connectivity index (χ3n) is 9.59. The van der Waals surface area contributed by atoms with Crippen molar-refractivity contribution < 1.29 is 22.7 Å². The summed E-state index contributed by atoms with van der Waals surface area (Å²) in [5.74, 6) is 0.938. The molecule has 0 saturated heterocycles. The summed E-state index contributed by atoms with van der Waals surface area (Å²) in [6, 6.07) is 11.2. The molecule has 4 aliphatic rings. The number of hydrogen-bond donors (Lipinski definition) is 1. The summed E-state index contributed by atoms with van der Waals surface area (Å²) in [7, 11) is -2.27. The van der Waals surface area contributed by atoms with Crippen LogP contribution < -0.4 is 14.4 Å². The molecule has 2 bridgehead atoms. The Labute approximate surface area is 248 Å². The predicted molar refractivity (Wildman–Crippen MR) is 160 cm³/mol. The first kappa shape index (κ1) is 28.6. The lowest BCUT2D eigenvalue weighted by atomic mass is 9.68. The van der Waals surface area contributed by atoms with Crippen molar-refractivity contribution in [2.75, 3.05) is 31.7 Å². The van der Waals surface area contributed by atoms with Gasteiger partial charge >= 0.3 is 0 Å². The Hall–Kier alpha value is -2.55. The van der Waals surface area contributed by atoms with Gasteiger partial charge in [0.1, 0.15) is 5.75 Å². The van der Waals surface area contributed by atoms with E-state index in [4.69, 9.17) is 21.1 Å². The average molecular weight is 599 g/mol. The second-order valence-corrected chi connectivity index (χ2v) is 14.6. The zero-order valence-electron chi connectivity index (χ0n) is 23.8. The second-order valence-electron chi connectivity index (χ2n) is 12.4. The molecule has 2 aliphatic carbocycles. The Morgan fingerprint density at radius 3 is 2.80 bits per heavy atom. The van der Waals surface area contributed by atoms with Gasteiger partial charge in [0.25, 0.3) is 10.0 Å². The van der Waals surface area contributed by atoms with E-state index in [1.54, 1.807) is 25.3 Å². The first-order chi connectivity index (χ1) is 19.7. The molecule has 2 aromatic rings. The first-order valence-corrected chi connectivity index (χ1v) is 16.6. The van der Waals surface area contributed by atoms with Gasteiger partial charge in [-0.05, 0) is 97.7 Å². The molecular formula is C32H39ClN2O5S. The SMILES string of the molecule is CO[C@@H]1/C=C/CC(C)CC(=O)NS(=O)(=O)c2ccc3c(c2)N(C[C@@H]2CC[C@H]21)C[C@@]1(CCCc2cc(Cl)ccc21)CO3. The van der Waals surface area contributed by atoms with Gasteiger partial charge in [0, 0.05) is 37.1 Å². The molecule has 1 N–H and O–H groups in total. The van der Waals surface area contributed by atoms with E-state index in [-0.39, 0.29) is 28.8 Å². The molecule has 2 aromatic carbocycles. The standard InChI is InChI=1S/C32H39ClN2O5S/c1-21-5-3-7-29(39-2)26-11-8-23(26)18-35-19-32(14-4-6-22-16-24(33)9-12-27(22)32)20-40-30-13-10-25(17-28(30)35)41(37,38)34-31(36)15-21/h3,7,9-10,12-13,16-17,21,23,26,29H,4-6,8,11,14-15,18-20H2,1-2H3,(H,34,36)/b7-3+/t21?,23-,26+,29+,32-/m0/s1. The van der Waals surface area contributed by atoms with Gasteiger partial charge in [0.15, 0.2) is 0 Å². The van der Waals surface area contributed by atoms with Crippen LogP contribution in [0.25, 0.3) is 0 Å². The zero-order chi connectivity index (χ0) is 28.8. The molecule has 2 heterocycles. The maximum absolute atomic E-state index is 13.4. The van der Waals surface area contributed by atoms with Crippen molar-refractivity contribution in [3.8, 4) is 5.75 Å². The van der Waals surface area contributed by atoms with Gasteiger partial charge in [-0.2, -0.15) is 0 Å². The Kier molecular flexibility index (Phi) is 7.85. The lowest BCUT2D eigenvalue weighted by Crippen LogP contribution is -2.49. The smallest absolute Gasteiger partial charge is 0.264 e. The van der Waals surface area contributed by atoms with Crippen molar-refractivity contribution in [1.82, 2.24) is 4.72 Å². The Bertz CT molecular complexity index is 1460. The molecule has 0 aromatic heterocycles. The van der Waals surface area contributed by atoms with Crippen molar-refractivity contribution >= 4 is 33.2 Å². The van der Waals surface area contributed by atoms with E-state index in [2.05, 4.69) is 33.9 Å². The Morgan fingerprint density at radius 2 is 2.02 bits per heavy atom. The minimum atomic E-state index is -4.04. The van der Waals surface area contributed by atoms with E-state index in [9.17, 15) is 13.2 Å². The minimum Gasteiger partial charge on any atom is -0.490 e. The van der Waals surface area contributed by atoms with Crippen molar-refractivity contribution in [2.24, 2.45) is 17.8 Å². The molecule has 0 radical (unpaired) electrons. The third kappa shape index (κ3) is 5.63. The molecule has 1 unspecified atom stereocenters. The van der Waals surface area contributed by atoms with Gasteiger partial charge in [-0.3, -0.25) is 4.79 Å². The highest BCUT2D eigenvalue weighted by molar-refractivity contribution is 7.90. The van der Waals surface area contributed by atoms with E-state index >= 15 is 0 Å². The Balaban J connectivity index is 1.43. The number of ether oxygens (including phenoxy) is 2. The molecule has 6 rings (SSSR count). The summed E-state index contributed by atoms with van der Waals surface area (Å²) in [5.41, 5.74) is 3.04. The quantitative estimate of drug-likeness (QED) is 0.427. The van der Waals surface area contributed by atoms with E-state index in [1.807, 2.05) is 13.0 Å². The van der Waals surface area contributed by atoms with Crippen LogP contribution in [0.3, 0.4) is 0 Å². The van der Waals surface area contributed by atoms with Crippen LogP contribution in [0.2, 0.25) is 5.02 Å². The van der Waals surface area contributed by atoms with Gasteiger partial charge < -0.3 is 14.4 Å². The maximum atomic E-state index is 13.4. The largest absolute Gasteiger partial charge is 0.490 e. The highest BCUT2D eigenvalue weighted by Crippen LogP contribution is 2.47. The summed E-state index contributed by atoms with van der Waals surface area (Å²) in [6.07, 6.45) is 10.2. The van der Waals surface area contributed by atoms with Crippen molar-refractivity contribution in [1.29, 1.82) is 0 Å². The van der Waals surface area contributed by atoms with Crippen LogP contribution in [-0.4, -0.2) is 47.2 Å². The number of hydrogen-bond acceptors (Lipinski definition) is 6. The zero-order valence-corrected chi connectivity index (χ0v) is 25.3. The number of amides is 1. The van der Waals surface area contributed by atoms with Gasteiger partial charge in [-0.15, -0.1) is 0 Å². The highest BCUT2D eigenvalue weighted by atomic mass is 35.5. The number of fused-ring (bicyclic) bond motifs is 4. The monoisotopic (exact) mass is 598 g/mol. The molecule has 1 fully saturated rings. The summed E-state index contributed by atoms with van der Waals surface area (Å²) >= 11 is 6.39. The molecule has 1 saturated carbocycles. The van der Waals surface area contributed by atoms with Gasteiger partial charge in [0.2, 0.25) is 5.91 Å². The van der Waals surface area contributed by atoms with Crippen molar-refractivity contribution in [3.05, 3.63) is 64.7 Å². The number of benzene rings is 2. The molecule has 41 heavy (non-hydrogen) atoms. The minimum absolute atomic E-state index is 0.00333. The number of methoxy groups -OCH3 is 1. The van der Waals surface area contributed by atoms with Crippen LogP contribution in [0.4, 0.5) is 5.69 Å². The molecular weight excluding hydrogens is 560 g/mol. The topological polar surface area (TPSA) is 84.9 Å². The molecule has 1 amide bonds. The van der Waals surface area contributed by atoms with E-state index in [1.165, 1.54) is 11.1 Å². The van der Waals surface area contributed by atoms with E-state index in [0.717, 1.165) is 49.4 Å². The van der Waals surface area contributed by atoms with Crippen LogP contribution in [0.5, 0.6) is 5.75 Å². The van der Waals surface area contributed by atoms with Gasteiger partial charge in [-0.1, -0.05) is 36.7 Å². The fraction of sp³-hybridized carbons (Fsp3) is 0.531. The van der Waals surface area contributed by atoms with Crippen LogP contribution in [-0.2, 0) is 31.4 Å². The number of sulfonamides is 1. The molecule has 220 valence electrons. The molecule has 2 aliphatic heterocycles. The average Bonchev–Trinajstić information content (AvgIpc) is 3.06. The molecule has 9 heteroatoms. The number of carbonyl (C=O) groups is 1. The first-order valence-electron chi connectivity index (χ1n) is 14.7. The number of nitrogens with one attached hydrogen (secondary N) is 1. The second kappa shape index (κ2) is 11.3. The Morgan fingerprint density at radius 1 is 1.17 bits per heavy atom. The summed E-state index contributed by atoms with van der Waals surface area (Å²) in [4.78, 5) is 15.1.